The van der Waals surface area contributed by atoms with E-state index in [-0.39, 0.29) is 34.2 Å². The summed E-state index contributed by atoms with van der Waals surface area (Å²) in [6, 6.07) is 0. The fraction of sp³-hybridized carbons (Fsp3) is 0.905. The summed E-state index contributed by atoms with van der Waals surface area (Å²) in [6.45, 7) is 7.44. The molecular weight excluding hydrogens is 410 g/mol. The average Bonchev–Trinajstić information content (AvgIpc) is 2.69. The van der Waals surface area contributed by atoms with E-state index in [1.165, 1.54) is 44.9 Å². The highest BCUT2D eigenvalue weighted by atomic mass is 32.3. The highest BCUT2D eigenvalue weighted by Gasteiger charge is 2.13. The Morgan fingerprint density at radius 1 is 0.867 bits per heavy atom. The molecule has 0 aliphatic heterocycles. The lowest BCUT2D eigenvalue weighted by atomic mass is 10.1. The Hall–Kier alpha value is -0.550. The van der Waals surface area contributed by atoms with Crippen molar-refractivity contribution >= 4 is 10.4 Å². The molecule has 0 rings (SSSR count). The van der Waals surface area contributed by atoms with E-state index in [1.54, 1.807) is 6.08 Å². The molecule has 1 atom stereocenters. The molecule has 0 amide bonds. The topological polar surface area (TPSA) is 106 Å². The second kappa shape index (κ2) is 24.7. The minimum Gasteiger partial charge on any atom is -0.379 e. The molecule has 2 N–H and O–H groups in total. The van der Waals surface area contributed by atoms with Crippen molar-refractivity contribution in [3.05, 3.63) is 12.7 Å². The molecule has 0 aliphatic rings. The molecule has 0 aromatic rings. The van der Waals surface area contributed by atoms with Gasteiger partial charge in [0.25, 0.3) is 0 Å². The molecule has 30 heavy (non-hydrogen) atoms. The van der Waals surface area contributed by atoms with E-state index in [9.17, 15) is 8.42 Å². The molecule has 0 heterocycles. The standard InChI is InChI=1S/C19H39NO7S.2CH4/c1-3-5-6-7-8-9-10-11-12-14-24-18-19(17-23-13-4-2)25-15-16-26-28(21,22)27-20;;/h4,19H,2-3,5-18,20H2,1H3;2*1H4. The maximum atomic E-state index is 11.0. The molecule has 0 fully saturated rings. The number of nitrogens with two attached hydrogens (primary N) is 1. The van der Waals surface area contributed by atoms with Crippen molar-refractivity contribution in [2.24, 2.45) is 5.90 Å². The second-order valence-corrected chi connectivity index (χ2v) is 7.79. The van der Waals surface area contributed by atoms with Gasteiger partial charge in [-0.3, -0.25) is 0 Å². The summed E-state index contributed by atoms with van der Waals surface area (Å²) in [5.74, 6) is 4.58. The molecule has 0 saturated heterocycles. The minimum absolute atomic E-state index is 0. The van der Waals surface area contributed by atoms with Crippen molar-refractivity contribution in [3.8, 4) is 0 Å². The predicted octanol–water partition coefficient (Wildman–Crippen LogP) is 4.55. The van der Waals surface area contributed by atoms with E-state index in [4.69, 9.17) is 14.2 Å². The quantitative estimate of drug-likeness (QED) is 0.143. The van der Waals surface area contributed by atoms with Gasteiger partial charge in [0.2, 0.25) is 0 Å². The molecular formula is C21H47NO7S. The summed E-state index contributed by atoms with van der Waals surface area (Å²) in [5, 5.41) is 0. The van der Waals surface area contributed by atoms with E-state index in [2.05, 4.69) is 27.9 Å². The summed E-state index contributed by atoms with van der Waals surface area (Å²) >= 11 is 0. The third-order valence-electron chi connectivity index (χ3n) is 4.02. The maximum absolute atomic E-state index is 11.0. The van der Waals surface area contributed by atoms with Crippen molar-refractivity contribution in [2.45, 2.75) is 85.7 Å². The normalized spacial score (nSPS) is 12.1. The lowest BCUT2D eigenvalue weighted by Crippen LogP contribution is -2.28. The van der Waals surface area contributed by atoms with E-state index in [1.807, 2.05) is 0 Å². The Labute approximate surface area is 185 Å². The summed E-state index contributed by atoms with van der Waals surface area (Å²) in [5.41, 5.74) is 0. The van der Waals surface area contributed by atoms with Crippen LogP contribution in [0.5, 0.6) is 0 Å². The molecule has 0 bridgehead atoms. The van der Waals surface area contributed by atoms with Gasteiger partial charge in [-0.25, -0.2) is 4.18 Å². The van der Waals surface area contributed by atoms with Gasteiger partial charge in [-0.2, -0.15) is 18.6 Å². The van der Waals surface area contributed by atoms with Crippen molar-refractivity contribution in [1.82, 2.24) is 0 Å². The van der Waals surface area contributed by atoms with Crippen molar-refractivity contribution in [3.63, 3.8) is 0 Å². The number of hydrogen-bond acceptors (Lipinski definition) is 8. The molecule has 0 spiro atoms. The van der Waals surface area contributed by atoms with Crippen LogP contribution >= 0.6 is 0 Å². The average molecular weight is 458 g/mol. The summed E-state index contributed by atoms with van der Waals surface area (Å²) in [7, 11) is -4.16. The number of ether oxygens (including phenoxy) is 3. The first-order chi connectivity index (χ1) is 13.6. The third kappa shape index (κ3) is 23.7. The Balaban J connectivity index is -0.00000364. The Morgan fingerprint density at radius 2 is 1.43 bits per heavy atom. The Bertz CT molecular complexity index is 447. The smallest absolute Gasteiger partial charge is 0.379 e. The van der Waals surface area contributed by atoms with Crippen LogP contribution < -0.4 is 5.90 Å². The molecule has 1 unspecified atom stereocenters. The van der Waals surface area contributed by atoms with Crippen LogP contribution in [0.3, 0.4) is 0 Å². The van der Waals surface area contributed by atoms with Crippen LogP contribution in [0, 0.1) is 0 Å². The van der Waals surface area contributed by atoms with Gasteiger partial charge in [0.05, 0.1) is 33.0 Å². The van der Waals surface area contributed by atoms with Crippen LogP contribution in [0.2, 0.25) is 0 Å². The summed E-state index contributed by atoms with van der Waals surface area (Å²) in [4.78, 5) is 0. The Morgan fingerprint density at radius 3 is 2.00 bits per heavy atom. The lowest BCUT2D eigenvalue weighted by Gasteiger charge is -2.18. The monoisotopic (exact) mass is 457 g/mol. The number of hydrogen-bond donors (Lipinski definition) is 1. The van der Waals surface area contributed by atoms with E-state index in [0.29, 0.717) is 26.4 Å². The summed E-state index contributed by atoms with van der Waals surface area (Å²) < 4.78 is 46.7. The number of unbranched alkanes of at least 4 members (excludes halogenated alkanes) is 8. The van der Waals surface area contributed by atoms with Crippen LogP contribution in [0.15, 0.2) is 12.7 Å². The van der Waals surface area contributed by atoms with Crippen LogP contribution in [-0.4, -0.2) is 54.2 Å². The molecule has 8 nitrogen and oxygen atoms in total. The van der Waals surface area contributed by atoms with E-state index in [0.717, 1.165) is 12.8 Å². The fourth-order valence-corrected chi connectivity index (χ4v) is 2.86. The molecule has 0 aliphatic carbocycles. The van der Waals surface area contributed by atoms with Gasteiger partial charge in [-0.15, -0.1) is 6.58 Å². The number of rotatable bonds is 22. The van der Waals surface area contributed by atoms with Gasteiger partial charge in [-0.05, 0) is 6.42 Å². The van der Waals surface area contributed by atoms with E-state index >= 15 is 0 Å². The third-order valence-corrected chi connectivity index (χ3v) is 4.71. The minimum atomic E-state index is -4.16. The maximum Gasteiger partial charge on any atom is 0.415 e. The zero-order valence-electron chi connectivity index (χ0n) is 17.3. The highest BCUT2D eigenvalue weighted by Crippen LogP contribution is 2.09. The van der Waals surface area contributed by atoms with Crippen molar-refractivity contribution in [2.75, 3.05) is 39.6 Å². The predicted molar refractivity (Wildman–Crippen MR) is 122 cm³/mol. The second-order valence-electron chi connectivity index (χ2n) is 6.55. The van der Waals surface area contributed by atoms with Crippen molar-refractivity contribution in [1.29, 1.82) is 0 Å². The lowest BCUT2D eigenvalue weighted by molar-refractivity contribution is -0.0625. The first-order valence-electron chi connectivity index (χ1n) is 10.2. The molecule has 0 saturated carbocycles. The largest absolute Gasteiger partial charge is 0.415 e. The van der Waals surface area contributed by atoms with Gasteiger partial charge in [0, 0.05) is 6.61 Å². The van der Waals surface area contributed by atoms with Gasteiger partial charge in [0.15, 0.2) is 0 Å². The van der Waals surface area contributed by atoms with Crippen LogP contribution in [0.25, 0.3) is 0 Å². The SMILES string of the molecule is C.C.C=CCOCC(COCCCCCCCCCCC)OCCOS(=O)(=O)ON. The fourth-order valence-electron chi connectivity index (χ4n) is 2.54. The first-order valence-corrected chi connectivity index (χ1v) is 11.5. The molecule has 0 aromatic heterocycles. The van der Waals surface area contributed by atoms with Crippen LogP contribution in [-0.2, 0) is 33.1 Å². The molecule has 0 aromatic carbocycles. The van der Waals surface area contributed by atoms with Gasteiger partial charge < -0.3 is 14.2 Å². The molecule has 9 heteroatoms. The van der Waals surface area contributed by atoms with Gasteiger partial charge >= 0.3 is 10.4 Å². The zero-order chi connectivity index (χ0) is 20.9. The van der Waals surface area contributed by atoms with Gasteiger partial charge in [-0.1, -0.05) is 79.2 Å². The van der Waals surface area contributed by atoms with Crippen LogP contribution in [0.4, 0.5) is 0 Å². The molecule has 0 radical (unpaired) electrons. The Kier molecular flexibility index (Phi) is 28.1. The summed E-state index contributed by atoms with van der Waals surface area (Å²) in [6.07, 6.45) is 12.7. The first kappa shape index (κ1) is 34.1. The zero-order valence-corrected chi connectivity index (χ0v) is 18.1. The van der Waals surface area contributed by atoms with Crippen LogP contribution in [0.1, 0.15) is 79.6 Å². The van der Waals surface area contributed by atoms with E-state index < -0.39 is 10.4 Å². The van der Waals surface area contributed by atoms with Gasteiger partial charge in [0.1, 0.15) is 6.10 Å². The van der Waals surface area contributed by atoms with Crippen molar-refractivity contribution < 1.29 is 31.1 Å². The highest BCUT2D eigenvalue weighted by molar-refractivity contribution is 7.81. The molecule has 184 valence electrons.